The maximum atomic E-state index is 9.92. The number of thioether (sulfide) groups is 1. The molecule has 5 heteroatoms. The maximum absolute atomic E-state index is 9.92. The third kappa shape index (κ3) is 6.88. The molecule has 0 radical (unpaired) electrons. The van der Waals surface area contributed by atoms with E-state index in [0.717, 1.165) is 16.4 Å². The molecule has 0 fully saturated rings. The lowest BCUT2D eigenvalue weighted by Crippen LogP contribution is -2.31. The number of aromatic hydroxyl groups is 1. The molecule has 0 aromatic heterocycles. The van der Waals surface area contributed by atoms with Gasteiger partial charge in [-0.3, -0.25) is 0 Å². The zero-order valence-corrected chi connectivity index (χ0v) is 19.4. The van der Waals surface area contributed by atoms with Crippen molar-refractivity contribution in [1.82, 2.24) is 4.90 Å². The van der Waals surface area contributed by atoms with Crippen molar-refractivity contribution in [2.75, 3.05) is 20.3 Å². The lowest BCUT2D eigenvalue weighted by molar-refractivity contribution is 0.175. The summed E-state index contributed by atoms with van der Waals surface area (Å²) in [4.78, 5) is 8.40. The largest absolute Gasteiger partial charge is 0.508 e. The van der Waals surface area contributed by atoms with E-state index in [1.807, 2.05) is 24.3 Å². The number of hydrogen-bond acceptors (Lipinski definition) is 4. The lowest BCUT2D eigenvalue weighted by atomic mass is 10.2. The molecule has 162 valence electrons. The first-order valence-corrected chi connectivity index (χ1v) is 11.2. The first-order valence-electron chi connectivity index (χ1n) is 10.4. The van der Waals surface area contributed by atoms with Crippen molar-refractivity contribution in [3.8, 4) is 5.75 Å². The van der Waals surface area contributed by atoms with Crippen molar-refractivity contribution < 1.29 is 9.84 Å². The molecule has 0 unspecified atom stereocenters. The zero-order chi connectivity index (χ0) is 22.2. The van der Waals surface area contributed by atoms with Crippen LogP contribution in [0.15, 0.2) is 76.6 Å². The minimum Gasteiger partial charge on any atom is -0.508 e. The number of phenolic OH excluding ortho intramolecular Hbond substituents is 1. The average molecular weight is 435 g/mol. The van der Waals surface area contributed by atoms with Gasteiger partial charge in [-0.25, -0.2) is 4.99 Å². The van der Waals surface area contributed by atoms with Crippen LogP contribution in [0.5, 0.6) is 5.75 Å². The smallest absolute Gasteiger partial charge is 0.169 e. The Bertz CT molecular complexity index is 1030. The van der Waals surface area contributed by atoms with Crippen LogP contribution in [0.3, 0.4) is 0 Å². The molecular formula is C26H30N2O2S. The fourth-order valence-electron chi connectivity index (χ4n) is 3.22. The highest BCUT2D eigenvalue weighted by Crippen LogP contribution is 2.29. The van der Waals surface area contributed by atoms with E-state index in [1.54, 1.807) is 31.0 Å². The first kappa shape index (κ1) is 22.9. The number of aryl methyl sites for hydroxylation is 3. The van der Waals surface area contributed by atoms with Crippen LogP contribution in [0, 0.1) is 20.8 Å². The summed E-state index contributed by atoms with van der Waals surface area (Å²) in [6, 6.07) is 22.1. The van der Waals surface area contributed by atoms with Gasteiger partial charge in [-0.1, -0.05) is 59.3 Å². The zero-order valence-electron chi connectivity index (χ0n) is 18.6. The average Bonchev–Trinajstić information content (AvgIpc) is 2.74. The van der Waals surface area contributed by atoms with Crippen LogP contribution in [-0.2, 0) is 11.3 Å². The van der Waals surface area contributed by atoms with E-state index in [4.69, 9.17) is 9.73 Å². The molecule has 0 spiro atoms. The summed E-state index contributed by atoms with van der Waals surface area (Å²) in [6.45, 7) is 8.21. The van der Waals surface area contributed by atoms with Gasteiger partial charge in [-0.2, -0.15) is 0 Å². The molecule has 0 saturated heterocycles. The Labute approximate surface area is 189 Å². The van der Waals surface area contributed by atoms with Gasteiger partial charge in [0, 0.05) is 25.1 Å². The highest BCUT2D eigenvalue weighted by atomic mass is 32.2. The highest BCUT2D eigenvalue weighted by molar-refractivity contribution is 8.13. The molecule has 3 rings (SSSR count). The second-order valence-corrected chi connectivity index (χ2v) is 8.69. The number of benzene rings is 3. The molecule has 31 heavy (non-hydrogen) atoms. The Morgan fingerprint density at radius 1 is 0.968 bits per heavy atom. The Balaban J connectivity index is 1.99. The Morgan fingerprint density at radius 3 is 2.39 bits per heavy atom. The number of phenols is 1. The van der Waals surface area contributed by atoms with Crippen LogP contribution < -0.4 is 0 Å². The minimum absolute atomic E-state index is 0.267. The van der Waals surface area contributed by atoms with E-state index < -0.39 is 0 Å². The molecule has 0 aliphatic heterocycles. The van der Waals surface area contributed by atoms with Crippen molar-refractivity contribution in [2.45, 2.75) is 32.2 Å². The third-order valence-corrected chi connectivity index (χ3v) is 6.12. The quantitative estimate of drug-likeness (QED) is 0.271. The Morgan fingerprint density at radius 2 is 1.71 bits per heavy atom. The van der Waals surface area contributed by atoms with Crippen LogP contribution in [0.2, 0.25) is 0 Å². The van der Waals surface area contributed by atoms with Gasteiger partial charge in [0.1, 0.15) is 5.75 Å². The highest BCUT2D eigenvalue weighted by Gasteiger charge is 2.16. The van der Waals surface area contributed by atoms with Crippen molar-refractivity contribution in [2.24, 2.45) is 4.99 Å². The molecule has 0 amide bonds. The predicted octanol–water partition coefficient (Wildman–Crippen LogP) is 6.25. The van der Waals surface area contributed by atoms with Gasteiger partial charge in [0.05, 0.1) is 12.3 Å². The van der Waals surface area contributed by atoms with Crippen LogP contribution in [0.4, 0.5) is 5.69 Å². The molecule has 1 N–H and O–H groups in total. The summed E-state index contributed by atoms with van der Waals surface area (Å²) in [5.74, 6) is 0.267. The van der Waals surface area contributed by atoms with Crippen molar-refractivity contribution in [3.05, 3.63) is 89.0 Å². The summed E-state index contributed by atoms with van der Waals surface area (Å²) in [6.07, 6.45) is 0. The SMILES string of the molecule is COCCN(Cc1cccc(O)c1)C(=Nc1ccc(C)cc1)Sc1ccc(C)cc1C. The normalized spacial score (nSPS) is 11.5. The molecule has 0 atom stereocenters. The van der Waals surface area contributed by atoms with Crippen LogP contribution in [0.25, 0.3) is 0 Å². The third-order valence-electron chi connectivity index (χ3n) is 4.91. The minimum atomic E-state index is 0.267. The Hall–Kier alpha value is -2.76. The van der Waals surface area contributed by atoms with Gasteiger partial charge in [0.25, 0.3) is 0 Å². The second-order valence-electron chi connectivity index (χ2n) is 7.69. The van der Waals surface area contributed by atoms with Gasteiger partial charge in [0.2, 0.25) is 0 Å². The number of methoxy groups -OCH3 is 1. The fourth-order valence-corrected chi connectivity index (χ4v) is 4.21. The summed E-state index contributed by atoms with van der Waals surface area (Å²) in [5, 5.41) is 10.8. The lowest BCUT2D eigenvalue weighted by Gasteiger charge is -2.26. The van der Waals surface area contributed by atoms with Crippen LogP contribution in [0.1, 0.15) is 22.3 Å². The van der Waals surface area contributed by atoms with Gasteiger partial charge in [0.15, 0.2) is 5.17 Å². The molecule has 0 aliphatic carbocycles. The summed E-state index contributed by atoms with van der Waals surface area (Å²) in [5.41, 5.74) is 5.61. The summed E-state index contributed by atoms with van der Waals surface area (Å²) >= 11 is 1.66. The number of aliphatic imine (C=N–C) groups is 1. The van der Waals surface area contributed by atoms with E-state index in [-0.39, 0.29) is 5.75 Å². The van der Waals surface area contributed by atoms with E-state index in [1.165, 1.54) is 21.6 Å². The Kier molecular flexibility index (Phi) is 8.15. The first-order chi connectivity index (χ1) is 14.9. The molecule has 0 bridgehead atoms. The standard InChI is InChI=1S/C26H30N2O2S/c1-19-8-11-23(12-9-19)27-26(31-25-13-10-20(2)16-21(25)3)28(14-15-30-4)18-22-6-5-7-24(29)17-22/h5-13,16-17,29H,14-15,18H2,1-4H3. The fraction of sp³-hybridized carbons (Fsp3) is 0.269. The molecule has 4 nitrogen and oxygen atoms in total. The topological polar surface area (TPSA) is 45.1 Å². The molecular weight excluding hydrogens is 404 g/mol. The number of amidine groups is 1. The monoisotopic (exact) mass is 434 g/mol. The molecule has 0 saturated carbocycles. The predicted molar refractivity (Wildman–Crippen MR) is 130 cm³/mol. The molecule has 3 aromatic rings. The number of hydrogen-bond donors (Lipinski definition) is 1. The van der Waals surface area contributed by atoms with E-state index in [0.29, 0.717) is 19.7 Å². The van der Waals surface area contributed by atoms with E-state index in [2.05, 4.69) is 56.0 Å². The van der Waals surface area contributed by atoms with Gasteiger partial charge < -0.3 is 14.7 Å². The van der Waals surface area contributed by atoms with E-state index >= 15 is 0 Å². The molecule has 3 aromatic carbocycles. The van der Waals surface area contributed by atoms with E-state index in [9.17, 15) is 5.11 Å². The van der Waals surface area contributed by atoms with Gasteiger partial charge >= 0.3 is 0 Å². The number of ether oxygens (including phenoxy) is 1. The maximum Gasteiger partial charge on any atom is 0.169 e. The number of rotatable bonds is 7. The molecule has 0 heterocycles. The summed E-state index contributed by atoms with van der Waals surface area (Å²) < 4.78 is 5.38. The summed E-state index contributed by atoms with van der Waals surface area (Å²) in [7, 11) is 1.71. The van der Waals surface area contributed by atoms with Crippen molar-refractivity contribution >= 4 is 22.6 Å². The van der Waals surface area contributed by atoms with Crippen molar-refractivity contribution in [1.29, 1.82) is 0 Å². The van der Waals surface area contributed by atoms with Gasteiger partial charge in [-0.15, -0.1) is 0 Å². The van der Waals surface area contributed by atoms with Crippen molar-refractivity contribution in [3.63, 3.8) is 0 Å². The second kappa shape index (κ2) is 11.0. The number of nitrogens with zero attached hydrogens (tertiary/aromatic N) is 2. The van der Waals surface area contributed by atoms with Gasteiger partial charge in [-0.05, 0) is 62.2 Å². The van der Waals surface area contributed by atoms with Crippen LogP contribution in [-0.4, -0.2) is 35.4 Å². The van der Waals surface area contributed by atoms with Crippen LogP contribution >= 0.6 is 11.8 Å². The molecule has 0 aliphatic rings.